The van der Waals surface area contributed by atoms with Crippen LogP contribution in [0.25, 0.3) is 0 Å². The first kappa shape index (κ1) is 6.21. The second-order valence-corrected chi connectivity index (χ2v) is 3.29. The monoisotopic (exact) mass is 133 g/mol. The molecule has 53 valence electrons. The molecule has 1 radical (unpaired) electrons. The number of allylic oxidation sites excluding steroid dienone is 4. The fourth-order valence-corrected chi connectivity index (χ4v) is 1.87. The summed E-state index contributed by atoms with van der Waals surface area (Å²) in [4.78, 5) is 0. The molecule has 0 unspecified atom stereocenters. The van der Waals surface area contributed by atoms with Crippen LogP contribution in [0.2, 0.25) is 0 Å². The normalized spacial score (nSPS) is 24.7. The SMILES string of the molecule is CC1=CC2=C([CH]1)CCCC2. The van der Waals surface area contributed by atoms with E-state index in [4.69, 9.17) is 0 Å². The van der Waals surface area contributed by atoms with Gasteiger partial charge in [-0.25, -0.2) is 0 Å². The molecule has 10 heavy (non-hydrogen) atoms. The van der Waals surface area contributed by atoms with Crippen molar-refractivity contribution in [3.8, 4) is 0 Å². The lowest BCUT2D eigenvalue weighted by molar-refractivity contribution is 0.693. The Morgan fingerprint density at radius 1 is 1.10 bits per heavy atom. The van der Waals surface area contributed by atoms with Gasteiger partial charge in [-0.05, 0) is 38.2 Å². The van der Waals surface area contributed by atoms with Crippen molar-refractivity contribution in [2.24, 2.45) is 0 Å². The van der Waals surface area contributed by atoms with E-state index in [1.54, 1.807) is 11.1 Å². The molecule has 0 aliphatic heterocycles. The molecule has 0 fully saturated rings. The van der Waals surface area contributed by atoms with Crippen LogP contribution >= 0.6 is 0 Å². The van der Waals surface area contributed by atoms with E-state index < -0.39 is 0 Å². The van der Waals surface area contributed by atoms with Crippen molar-refractivity contribution < 1.29 is 0 Å². The van der Waals surface area contributed by atoms with Gasteiger partial charge in [0, 0.05) is 6.42 Å². The van der Waals surface area contributed by atoms with Crippen LogP contribution in [0.5, 0.6) is 0 Å². The van der Waals surface area contributed by atoms with E-state index in [0.29, 0.717) is 0 Å². The Kier molecular flexibility index (Phi) is 1.40. The third-order valence-corrected chi connectivity index (χ3v) is 2.36. The Bertz CT molecular complexity index is 206. The molecule has 2 aliphatic carbocycles. The predicted molar refractivity (Wildman–Crippen MR) is 43.6 cm³/mol. The molecule has 0 bridgehead atoms. The van der Waals surface area contributed by atoms with Crippen molar-refractivity contribution >= 4 is 0 Å². The van der Waals surface area contributed by atoms with Crippen LogP contribution in [0.4, 0.5) is 0 Å². The molecule has 0 spiro atoms. The summed E-state index contributed by atoms with van der Waals surface area (Å²) in [6.07, 6.45) is 10.1. The smallest absolute Gasteiger partial charge is 0.0116 e. The maximum Gasteiger partial charge on any atom is 0.0116 e. The van der Waals surface area contributed by atoms with E-state index in [1.807, 2.05) is 0 Å². The molecule has 0 atom stereocenters. The summed E-state index contributed by atoms with van der Waals surface area (Å²) in [5.41, 5.74) is 4.68. The molecule has 0 aromatic rings. The second kappa shape index (κ2) is 2.26. The summed E-state index contributed by atoms with van der Waals surface area (Å²) in [5.74, 6) is 0. The molecule has 0 heteroatoms. The van der Waals surface area contributed by atoms with E-state index in [9.17, 15) is 0 Å². The highest BCUT2D eigenvalue weighted by Gasteiger charge is 2.16. The first-order valence-corrected chi connectivity index (χ1v) is 4.11. The lowest BCUT2D eigenvalue weighted by Crippen LogP contribution is -1.93. The molecule has 0 aromatic heterocycles. The lowest BCUT2D eigenvalue weighted by Gasteiger charge is -2.12. The van der Waals surface area contributed by atoms with Crippen molar-refractivity contribution in [2.45, 2.75) is 32.6 Å². The fraction of sp³-hybridized carbons (Fsp3) is 0.500. The highest BCUT2D eigenvalue weighted by molar-refractivity contribution is 5.47. The topological polar surface area (TPSA) is 0 Å². The van der Waals surface area contributed by atoms with Crippen LogP contribution in [-0.4, -0.2) is 0 Å². The minimum atomic E-state index is 1.32. The molecule has 0 N–H and O–H groups in total. The van der Waals surface area contributed by atoms with Gasteiger partial charge in [0.25, 0.3) is 0 Å². The zero-order valence-electron chi connectivity index (χ0n) is 6.48. The molecule has 0 amide bonds. The second-order valence-electron chi connectivity index (χ2n) is 3.29. The zero-order chi connectivity index (χ0) is 6.97. The Morgan fingerprint density at radius 2 is 1.80 bits per heavy atom. The maximum atomic E-state index is 2.34. The van der Waals surface area contributed by atoms with E-state index in [1.165, 1.54) is 31.3 Å². The average molecular weight is 133 g/mol. The summed E-state index contributed by atoms with van der Waals surface area (Å²) in [7, 11) is 0. The van der Waals surface area contributed by atoms with Crippen molar-refractivity contribution in [1.29, 1.82) is 0 Å². The van der Waals surface area contributed by atoms with E-state index in [2.05, 4.69) is 19.4 Å². The quantitative estimate of drug-likeness (QED) is 0.476. The minimum absolute atomic E-state index is 1.32. The largest absolute Gasteiger partial charge is 0.0649 e. The van der Waals surface area contributed by atoms with Gasteiger partial charge in [-0.2, -0.15) is 0 Å². The molecular weight excluding hydrogens is 120 g/mol. The predicted octanol–water partition coefficient (Wildman–Crippen LogP) is 3.02. The molecule has 0 aromatic carbocycles. The molecule has 0 saturated carbocycles. The number of rotatable bonds is 0. The summed E-state index contributed by atoms with van der Waals surface area (Å²) in [6.45, 7) is 2.19. The Morgan fingerprint density at radius 3 is 2.50 bits per heavy atom. The van der Waals surface area contributed by atoms with E-state index in [0.717, 1.165) is 0 Å². The Hall–Kier alpha value is -0.520. The maximum absolute atomic E-state index is 2.34. The molecule has 0 saturated heterocycles. The van der Waals surface area contributed by atoms with Gasteiger partial charge in [-0.1, -0.05) is 17.2 Å². The highest BCUT2D eigenvalue weighted by Crippen LogP contribution is 2.34. The van der Waals surface area contributed by atoms with E-state index >= 15 is 0 Å². The van der Waals surface area contributed by atoms with E-state index in [-0.39, 0.29) is 0 Å². The number of hydrogen-bond acceptors (Lipinski definition) is 0. The Labute approximate surface area is 62.6 Å². The van der Waals surface area contributed by atoms with Crippen LogP contribution < -0.4 is 0 Å². The van der Waals surface area contributed by atoms with Crippen LogP contribution in [0.1, 0.15) is 32.6 Å². The van der Waals surface area contributed by atoms with Gasteiger partial charge < -0.3 is 0 Å². The lowest BCUT2D eigenvalue weighted by atomic mass is 9.94. The summed E-state index contributed by atoms with van der Waals surface area (Å²) in [5, 5.41) is 0. The van der Waals surface area contributed by atoms with Gasteiger partial charge in [0.05, 0.1) is 0 Å². The summed E-state index contributed by atoms with van der Waals surface area (Å²) < 4.78 is 0. The van der Waals surface area contributed by atoms with Crippen LogP contribution in [0.3, 0.4) is 0 Å². The first-order valence-electron chi connectivity index (χ1n) is 4.11. The third-order valence-electron chi connectivity index (χ3n) is 2.36. The van der Waals surface area contributed by atoms with Crippen molar-refractivity contribution in [1.82, 2.24) is 0 Å². The van der Waals surface area contributed by atoms with Gasteiger partial charge in [0.1, 0.15) is 0 Å². The van der Waals surface area contributed by atoms with Crippen molar-refractivity contribution in [3.05, 3.63) is 29.2 Å². The van der Waals surface area contributed by atoms with Crippen molar-refractivity contribution in [3.63, 3.8) is 0 Å². The molecule has 0 nitrogen and oxygen atoms in total. The summed E-state index contributed by atoms with van der Waals surface area (Å²) >= 11 is 0. The molecule has 2 rings (SSSR count). The van der Waals surface area contributed by atoms with Crippen LogP contribution in [0.15, 0.2) is 22.8 Å². The van der Waals surface area contributed by atoms with Gasteiger partial charge in [0.15, 0.2) is 0 Å². The molecule has 2 aliphatic rings. The van der Waals surface area contributed by atoms with Crippen molar-refractivity contribution in [2.75, 3.05) is 0 Å². The van der Waals surface area contributed by atoms with Crippen LogP contribution in [0, 0.1) is 6.42 Å². The number of hydrogen-bond donors (Lipinski definition) is 0. The highest BCUT2D eigenvalue weighted by atomic mass is 14.2. The van der Waals surface area contributed by atoms with Crippen LogP contribution in [-0.2, 0) is 0 Å². The van der Waals surface area contributed by atoms with Gasteiger partial charge in [-0.15, -0.1) is 0 Å². The average Bonchev–Trinajstić information content (AvgIpc) is 2.27. The third kappa shape index (κ3) is 0.920. The summed E-state index contributed by atoms with van der Waals surface area (Å²) in [6, 6.07) is 0. The van der Waals surface area contributed by atoms with Gasteiger partial charge in [0.2, 0.25) is 0 Å². The molecular formula is C10H13. The fourth-order valence-electron chi connectivity index (χ4n) is 1.87. The Balaban J connectivity index is 2.22. The zero-order valence-corrected chi connectivity index (χ0v) is 6.48. The van der Waals surface area contributed by atoms with Gasteiger partial charge >= 0.3 is 0 Å². The molecule has 0 heterocycles. The first-order chi connectivity index (χ1) is 4.86. The van der Waals surface area contributed by atoms with Gasteiger partial charge in [-0.3, -0.25) is 0 Å². The minimum Gasteiger partial charge on any atom is -0.0649 e. The standard InChI is InChI=1S/C10H13/c1-8-6-9-4-2-3-5-10(9)7-8/h6-7H,2-5H2,1H3.